The zero-order chi connectivity index (χ0) is 19.2. The van der Waals surface area contributed by atoms with Crippen LogP contribution in [0.5, 0.6) is 11.5 Å². The summed E-state index contributed by atoms with van der Waals surface area (Å²) < 4.78 is 38.0. The van der Waals surface area contributed by atoms with E-state index < -0.39 is 10.0 Å². The molecule has 0 unspecified atom stereocenters. The smallest absolute Gasteiger partial charge is 0.251 e. The lowest BCUT2D eigenvalue weighted by atomic mass is 10.2. The van der Waals surface area contributed by atoms with Gasteiger partial charge in [0, 0.05) is 29.2 Å². The fraction of sp³-hybridized carbons (Fsp3) is 0.235. The predicted molar refractivity (Wildman–Crippen MR) is 101 cm³/mol. The third kappa shape index (κ3) is 4.96. The normalized spacial score (nSPS) is 11.0. The Morgan fingerprint density at radius 3 is 2.27 bits per heavy atom. The lowest BCUT2D eigenvalue weighted by Gasteiger charge is -2.13. The first-order valence-electron chi connectivity index (χ1n) is 7.63. The van der Waals surface area contributed by atoms with E-state index in [2.05, 4.69) is 26.0 Å². The van der Waals surface area contributed by atoms with Crippen molar-refractivity contribution in [3.05, 3.63) is 52.5 Å². The number of carbonyl (C=O) groups excluding carboxylic acids is 1. The van der Waals surface area contributed by atoms with Gasteiger partial charge in [-0.3, -0.25) is 4.79 Å². The Morgan fingerprint density at radius 2 is 1.65 bits per heavy atom. The van der Waals surface area contributed by atoms with E-state index in [1.165, 1.54) is 26.4 Å². The zero-order valence-electron chi connectivity index (χ0n) is 14.3. The first-order chi connectivity index (χ1) is 12.4. The lowest BCUT2D eigenvalue weighted by Crippen LogP contribution is -2.34. The predicted octanol–water partition coefficient (Wildman–Crippen LogP) is 2.17. The molecule has 0 aliphatic heterocycles. The Bertz CT molecular complexity index is 872. The maximum absolute atomic E-state index is 12.5. The quantitative estimate of drug-likeness (QED) is 0.610. The van der Waals surface area contributed by atoms with Crippen LogP contribution in [0.15, 0.2) is 51.8 Å². The van der Waals surface area contributed by atoms with Crippen LogP contribution in [-0.4, -0.2) is 41.6 Å². The average Bonchev–Trinajstić information content (AvgIpc) is 2.65. The molecule has 0 saturated carbocycles. The molecule has 2 N–H and O–H groups in total. The molecule has 7 nitrogen and oxygen atoms in total. The summed E-state index contributed by atoms with van der Waals surface area (Å²) in [5, 5.41) is 2.66. The molecule has 0 saturated heterocycles. The number of hydrogen-bond donors (Lipinski definition) is 2. The number of amides is 1. The number of benzene rings is 2. The number of nitrogens with one attached hydrogen (secondary N) is 2. The van der Waals surface area contributed by atoms with Gasteiger partial charge in [-0.25, -0.2) is 13.1 Å². The van der Waals surface area contributed by atoms with Crippen molar-refractivity contribution in [2.45, 2.75) is 4.90 Å². The Hall–Kier alpha value is -2.10. The highest BCUT2D eigenvalue weighted by Gasteiger charge is 2.21. The first kappa shape index (κ1) is 20.2. The minimum Gasteiger partial charge on any atom is -0.493 e. The number of sulfonamides is 1. The van der Waals surface area contributed by atoms with Crippen LogP contribution in [0.3, 0.4) is 0 Å². The highest BCUT2D eigenvalue weighted by Crippen LogP contribution is 2.35. The van der Waals surface area contributed by atoms with Crippen LogP contribution in [-0.2, 0) is 10.0 Å². The minimum atomic E-state index is -3.79. The number of hydrogen-bond acceptors (Lipinski definition) is 5. The van der Waals surface area contributed by atoms with Crippen LogP contribution in [0, 0.1) is 0 Å². The molecule has 9 heteroatoms. The van der Waals surface area contributed by atoms with Crippen molar-refractivity contribution in [3.63, 3.8) is 0 Å². The summed E-state index contributed by atoms with van der Waals surface area (Å²) >= 11 is 3.23. The van der Waals surface area contributed by atoms with Crippen LogP contribution in [0.2, 0.25) is 0 Å². The van der Waals surface area contributed by atoms with Crippen molar-refractivity contribution in [3.8, 4) is 11.5 Å². The van der Waals surface area contributed by atoms with Gasteiger partial charge in [-0.2, -0.15) is 0 Å². The second-order valence-electron chi connectivity index (χ2n) is 5.16. The van der Waals surface area contributed by atoms with Crippen molar-refractivity contribution < 1.29 is 22.7 Å². The molecule has 0 aliphatic carbocycles. The topological polar surface area (TPSA) is 93.7 Å². The van der Waals surface area contributed by atoms with Crippen molar-refractivity contribution >= 4 is 31.9 Å². The molecule has 0 radical (unpaired) electrons. The van der Waals surface area contributed by atoms with Gasteiger partial charge in [0.05, 0.1) is 14.2 Å². The largest absolute Gasteiger partial charge is 0.493 e. The molecule has 0 aliphatic rings. The molecule has 0 spiro atoms. The second-order valence-corrected chi connectivity index (χ2v) is 7.75. The monoisotopic (exact) mass is 442 g/mol. The van der Waals surface area contributed by atoms with Gasteiger partial charge in [0.15, 0.2) is 11.5 Å². The second kappa shape index (κ2) is 9.02. The average molecular weight is 443 g/mol. The molecular weight excluding hydrogens is 424 g/mol. The van der Waals surface area contributed by atoms with Crippen LogP contribution in [0.1, 0.15) is 10.4 Å². The maximum atomic E-state index is 12.5. The van der Waals surface area contributed by atoms with Gasteiger partial charge >= 0.3 is 0 Å². The molecule has 2 rings (SSSR count). The summed E-state index contributed by atoms with van der Waals surface area (Å²) in [5.74, 6) is 0.444. The molecule has 2 aromatic carbocycles. The minimum absolute atomic E-state index is 0.0181. The third-order valence-electron chi connectivity index (χ3n) is 3.47. The molecule has 0 fully saturated rings. The SMILES string of the molecule is COc1cc(Br)c(S(=O)(=O)NCCNC(=O)c2ccccc2)cc1OC. The van der Waals surface area contributed by atoms with E-state index in [9.17, 15) is 13.2 Å². The Balaban J connectivity index is 2.00. The lowest BCUT2D eigenvalue weighted by molar-refractivity contribution is 0.0954. The van der Waals surface area contributed by atoms with Crippen LogP contribution >= 0.6 is 15.9 Å². The summed E-state index contributed by atoms with van der Waals surface area (Å²) in [7, 11) is -0.905. The molecule has 26 heavy (non-hydrogen) atoms. The summed E-state index contributed by atoms with van der Waals surface area (Å²) in [6.45, 7) is 0.194. The summed E-state index contributed by atoms with van der Waals surface area (Å²) in [6.07, 6.45) is 0. The van der Waals surface area contributed by atoms with Crippen molar-refractivity contribution in [2.75, 3.05) is 27.3 Å². The number of rotatable bonds is 8. The van der Waals surface area contributed by atoms with E-state index >= 15 is 0 Å². The van der Waals surface area contributed by atoms with Crippen molar-refractivity contribution in [2.24, 2.45) is 0 Å². The summed E-state index contributed by atoms with van der Waals surface area (Å²) in [6, 6.07) is 11.6. The van der Waals surface area contributed by atoms with E-state index in [-0.39, 0.29) is 23.9 Å². The standard InChI is InChI=1S/C17H19BrN2O5S/c1-24-14-10-13(18)16(11-15(14)25-2)26(22,23)20-9-8-19-17(21)12-6-4-3-5-7-12/h3-7,10-11,20H,8-9H2,1-2H3,(H,19,21). The van der Waals surface area contributed by atoms with E-state index in [4.69, 9.17) is 9.47 Å². The van der Waals surface area contributed by atoms with Gasteiger partial charge < -0.3 is 14.8 Å². The highest BCUT2D eigenvalue weighted by molar-refractivity contribution is 9.10. The van der Waals surface area contributed by atoms with Crippen LogP contribution in [0.25, 0.3) is 0 Å². The molecule has 140 valence electrons. The Morgan fingerprint density at radius 1 is 1.04 bits per heavy atom. The molecule has 0 bridgehead atoms. The number of methoxy groups -OCH3 is 2. The van der Waals surface area contributed by atoms with Crippen molar-refractivity contribution in [1.82, 2.24) is 10.0 Å². The first-order valence-corrected chi connectivity index (χ1v) is 9.91. The molecular formula is C17H19BrN2O5S. The van der Waals surface area contributed by atoms with Gasteiger partial charge in [0.1, 0.15) is 4.90 Å². The molecule has 0 atom stereocenters. The van der Waals surface area contributed by atoms with Gasteiger partial charge in [-0.05, 0) is 34.1 Å². The third-order valence-corrected chi connectivity index (χ3v) is 5.89. The number of halogens is 1. The van der Waals surface area contributed by atoms with E-state index in [1.807, 2.05) is 6.07 Å². The Labute approximate surface area is 160 Å². The van der Waals surface area contributed by atoms with E-state index in [0.717, 1.165) is 0 Å². The Kier molecular flexibility index (Phi) is 7.01. The van der Waals surface area contributed by atoms with Gasteiger partial charge in [-0.15, -0.1) is 0 Å². The number of ether oxygens (including phenoxy) is 2. The maximum Gasteiger partial charge on any atom is 0.251 e. The molecule has 0 heterocycles. The van der Waals surface area contributed by atoms with Gasteiger partial charge in [-0.1, -0.05) is 18.2 Å². The number of carbonyl (C=O) groups is 1. The molecule has 2 aromatic rings. The fourth-order valence-corrected chi connectivity index (χ4v) is 4.24. The summed E-state index contributed by atoms with van der Waals surface area (Å²) in [5.41, 5.74) is 0.512. The molecule has 1 amide bonds. The fourth-order valence-electron chi connectivity index (χ4n) is 2.17. The molecule has 0 aromatic heterocycles. The highest BCUT2D eigenvalue weighted by atomic mass is 79.9. The van der Waals surface area contributed by atoms with E-state index in [0.29, 0.717) is 21.5 Å². The van der Waals surface area contributed by atoms with Crippen LogP contribution < -0.4 is 19.5 Å². The van der Waals surface area contributed by atoms with Crippen molar-refractivity contribution in [1.29, 1.82) is 0 Å². The summed E-state index contributed by atoms with van der Waals surface area (Å²) in [4.78, 5) is 11.9. The van der Waals surface area contributed by atoms with Gasteiger partial charge in [0.2, 0.25) is 10.0 Å². The van der Waals surface area contributed by atoms with E-state index in [1.54, 1.807) is 24.3 Å². The van der Waals surface area contributed by atoms with Gasteiger partial charge in [0.25, 0.3) is 5.91 Å². The van der Waals surface area contributed by atoms with Crippen LogP contribution in [0.4, 0.5) is 0 Å². The zero-order valence-corrected chi connectivity index (χ0v) is 16.7.